The van der Waals surface area contributed by atoms with Gasteiger partial charge in [-0.1, -0.05) is 15.9 Å². The maximum atomic E-state index is 5.94. The summed E-state index contributed by atoms with van der Waals surface area (Å²) in [6.07, 6.45) is 2.74. The molecule has 4 nitrogen and oxygen atoms in total. The molecule has 1 aromatic carbocycles. The first-order valence-electron chi connectivity index (χ1n) is 7.46. The van der Waals surface area contributed by atoms with Crippen molar-refractivity contribution < 1.29 is 14.2 Å². The Hall–Kier alpha value is -0.780. The summed E-state index contributed by atoms with van der Waals surface area (Å²) in [7, 11) is 1.67. The predicted molar refractivity (Wildman–Crippen MR) is 87.1 cm³/mol. The zero-order chi connectivity index (χ0) is 15.2. The molecule has 0 aliphatic carbocycles. The Morgan fingerprint density at radius 3 is 2.86 bits per heavy atom. The molecule has 2 rings (SSSR count). The smallest absolute Gasteiger partial charge is 0.167 e. The predicted octanol–water partition coefficient (Wildman–Crippen LogP) is 3.51. The van der Waals surface area contributed by atoms with Crippen LogP contribution in [0.4, 0.5) is 0 Å². The van der Waals surface area contributed by atoms with E-state index in [4.69, 9.17) is 14.2 Å². The molecule has 5 heteroatoms. The van der Waals surface area contributed by atoms with Gasteiger partial charge in [0, 0.05) is 29.7 Å². The van der Waals surface area contributed by atoms with Gasteiger partial charge >= 0.3 is 0 Å². The standard InChI is InChI=1S/C16H24BrNO3/c1-11(2)21-16-13(14(17)6-7-15(16)19-3)10-18-9-12-5-4-8-20-12/h6-7,11-12,18H,4-5,8-10H2,1-3H3. The van der Waals surface area contributed by atoms with E-state index >= 15 is 0 Å². The molecule has 0 bridgehead atoms. The van der Waals surface area contributed by atoms with Crippen molar-refractivity contribution in [3.8, 4) is 11.5 Å². The summed E-state index contributed by atoms with van der Waals surface area (Å²) in [6, 6.07) is 3.92. The fraction of sp³-hybridized carbons (Fsp3) is 0.625. The van der Waals surface area contributed by atoms with Gasteiger partial charge in [0.1, 0.15) is 0 Å². The van der Waals surface area contributed by atoms with Crippen molar-refractivity contribution >= 4 is 15.9 Å². The van der Waals surface area contributed by atoms with Gasteiger partial charge in [-0.15, -0.1) is 0 Å². The molecular weight excluding hydrogens is 334 g/mol. The van der Waals surface area contributed by atoms with Crippen LogP contribution in [0.3, 0.4) is 0 Å². The first-order valence-corrected chi connectivity index (χ1v) is 8.25. The van der Waals surface area contributed by atoms with E-state index in [1.807, 2.05) is 26.0 Å². The molecular formula is C16H24BrNO3. The van der Waals surface area contributed by atoms with Crippen LogP contribution in [0.15, 0.2) is 16.6 Å². The zero-order valence-corrected chi connectivity index (χ0v) is 14.5. The van der Waals surface area contributed by atoms with Crippen LogP contribution >= 0.6 is 15.9 Å². The number of methoxy groups -OCH3 is 1. The summed E-state index contributed by atoms with van der Waals surface area (Å²) in [6.45, 7) is 6.51. The van der Waals surface area contributed by atoms with E-state index in [0.717, 1.165) is 54.1 Å². The lowest BCUT2D eigenvalue weighted by Gasteiger charge is -2.19. The van der Waals surface area contributed by atoms with Crippen LogP contribution < -0.4 is 14.8 Å². The number of hydrogen-bond donors (Lipinski definition) is 1. The first kappa shape index (κ1) is 16.6. The Labute approximate surface area is 135 Å². The number of halogens is 1. The molecule has 1 saturated heterocycles. The molecule has 1 fully saturated rings. The Morgan fingerprint density at radius 1 is 1.43 bits per heavy atom. The van der Waals surface area contributed by atoms with Crippen molar-refractivity contribution in [3.63, 3.8) is 0 Å². The van der Waals surface area contributed by atoms with Crippen molar-refractivity contribution in [1.29, 1.82) is 0 Å². The van der Waals surface area contributed by atoms with E-state index in [2.05, 4.69) is 21.2 Å². The van der Waals surface area contributed by atoms with E-state index in [0.29, 0.717) is 6.10 Å². The monoisotopic (exact) mass is 357 g/mol. The van der Waals surface area contributed by atoms with Gasteiger partial charge in [-0.05, 0) is 38.8 Å². The van der Waals surface area contributed by atoms with Crippen LogP contribution in [-0.2, 0) is 11.3 Å². The Bertz CT molecular complexity index is 459. The number of hydrogen-bond acceptors (Lipinski definition) is 4. The molecule has 0 radical (unpaired) electrons. The molecule has 1 aromatic rings. The topological polar surface area (TPSA) is 39.7 Å². The van der Waals surface area contributed by atoms with Crippen LogP contribution in [0.2, 0.25) is 0 Å². The summed E-state index contributed by atoms with van der Waals surface area (Å²) in [5.41, 5.74) is 1.08. The molecule has 1 unspecified atom stereocenters. The molecule has 21 heavy (non-hydrogen) atoms. The average molecular weight is 358 g/mol. The van der Waals surface area contributed by atoms with E-state index in [1.165, 1.54) is 0 Å². The van der Waals surface area contributed by atoms with Crippen molar-refractivity contribution in [2.75, 3.05) is 20.3 Å². The maximum absolute atomic E-state index is 5.94. The molecule has 118 valence electrons. The highest BCUT2D eigenvalue weighted by atomic mass is 79.9. The number of nitrogens with one attached hydrogen (secondary N) is 1. The summed E-state index contributed by atoms with van der Waals surface area (Å²) in [5, 5.41) is 3.46. The molecule has 0 aromatic heterocycles. The average Bonchev–Trinajstić information content (AvgIpc) is 2.95. The van der Waals surface area contributed by atoms with Gasteiger partial charge in [0.15, 0.2) is 11.5 Å². The van der Waals surface area contributed by atoms with Gasteiger partial charge in [-0.2, -0.15) is 0 Å². The second kappa shape index (κ2) is 8.01. The Kier molecular flexibility index (Phi) is 6.33. The van der Waals surface area contributed by atoms with Crippen LogP contribution in [0.5, 0.6) is 11.5 Å². The first-order chi connectivity index (χ1) is 10.1. The number of rotatable bonds is 7. The molecule has 0 saturated carbocycles. The summed E-state index contributed by atoms with van der Waals surface area (Å²) in [5.74, 6) is 1.57. The zero-order valence-electron chi connectivity index (χ0n) is 12.9. The molecule has 1 atom stereocenters. The van der Waals surface area contributed by atoms with E-state index in [9.17, 15) is 0 Å². The van der Waals surface area contributed by atoms with Gasteiger partial charge in [-0.3, -0.25) is 0 Å². The van der Waals surface area contributed by atoms with Gasteiger partial charge in [0.2, 0.25) is 0 Å². The Morgan fingerprint density at radius 2 is 2.24 bits per heavy atom. The van der Waals surface area contributed by atoms with Crippen molar-refractivity contribution in [2.45, 2.75) is 45.4 Å². The summed E-state index contributed by atoms with van der Waals surface area (Å²) < 4.78 is 18.0. The molecule has 0 amide bonds. The molecule has 1 aliphatic rings. The molecule has 0 spiro atoms. The van der Waals surface area contributed by atoms with E-state index in [1.54, 1.807) is 7.11 Å². The van der Waals surface area contributed by atoms with Gasteiger partial charge < -0.3 is 19.5 Å². The lowest BCUT2D eigenvalue weighted by Crippen LogP contribution is -2.26. The lowest BCUT2D eigenvalue weighted by atomic mass is 10.1. The minimum atomic E-state index is 0.102. The summed E-state index contributed by atoms with van der Waals surface area (Å²) >= 11 is 3.61. The highest BCUT2D eigenvalue weighted by molar-refractivity contribution is 9.10. The van der Waals surface area contributed by atoms with Gasteiger partial charge in [0.05, 0.1) is 19.3 Å². The van der Waals surface area contributed by atoms with Gasteiger partial charge in [-0.25, -0.2) is 0 Å². The Balaban J connectivity index is 2.07. The van der Waals surface area contributed by atoms with E-state index in [-0.39, 0.29) is 6.10 Å². The summed E-state index contributed by atoms with van der Waals surface area (Å²) in [4.78, 5) is 0. The maximum Gasteiger partial charge on any atom is 0.167 e. The van der Waals surface area contributed by atoms with Crippen LogP contribution in [0.25, 0.3) is 0 Å². The fourth-order valence-electron chi connectivity index (χ4n) is 2.44. The third kappa shape index (κ3) is 4.59. The fourth-order valence-corrected chi connectivity index (χ4v) is 2.89. The molecule has 1 aliphatic heterocycles. The van der Waals surface area contributed by atoms with Crippen LogP contribution in [0.1, 0.15) is 32.3 Å². The van der Waals surface area contributed by atoms with Crippen LogP contribution in [0, 0.1) is 0 Å². The minimum absolute atomic E-state index is 0.102. The van der Waals surface area contributed by atoms with Crippen LogP contribution in [-0.4, -0.2) is 32.5 Å². The van der Waals surface area contributed by atoms with Crippen molar-refractivity contribution in [3.05, 3.63) is 22.2 Å². The number of benzene rings is 1. The highest BCUT2D eigenvalue weighted by Gasteiger charge is 2.18. The number of ether oxygens (including phenoxy) is 3. The van der Waals surface area contributed by atoms with E-state index < -0.39 is 0 Å². The molecule has 1 heterocycles. The second-order valence-corrected chi connectivity index (χ2v) is 6.34. The second-order valence-electron chi connectivity index (χ2n) is 5.49. The van der Waals surface area contributed by atoms with Crippen molar-refractivity contribution in [1.82, 2.24) is 5.32 Å². The third-order valence-corrected chi connectivity index (χ3v) is 4.18. The largest absolute Gasteiger partial charge is 0.493 e. The third-order valence-electron chi connectivity index (χ3n) is 3.44. The highest BCUT2D eigenvalue weighted by Crippen LogP contribution is 2.36. The quantitative estimate of drug-likeness (QED) is 0.810. The normalized spacial score (nSPS) is 18.2. The van der Waals surface area contributed by atoms with Crippen molar-refractivity contribution in [2.24, 2.45) is 0 Å². The SMILES string of the molecule is COc1ccc(Br)c(CNCC2CCCO2)c1OC(C)C. The molecule has 1 N–H and O–H groups in total. The minimum Gasteiger partial charge on any atom is -0.493 e. The lowest BCUT2D eigenvalue weighted by molar-refractivity contribution is 0.110. The van der Waals surface area contributed by atoms with Gasteiger partial charge in [0.25, 0.3) is 0 Å².